The number of amidine groups is 1. The van der Waals surface area contributed by atoms with Crippen LogP contribution in [0.3, 0.4) is 0 Å². The molecule has 5 rings (SSSR count). The fraction of sp³-hybridized carbons (Fsp3) is 0.565. The molecule has 2 aliphatic carbocycles. The van der Waals surface area contributed by atoms with E-state index in [1.807, 2.05) is 20.0 Å². The van der Waals surface area contributed by atoms with Crippen molar-refractivity contribution in [2.75, 3.05) is 12.9 Å². The van der Waals surface area contributed by atoms with Crippen molar-refractivity contribution in [3.63, 3.8) is 0 Å². The van der Waals surface area contributed by atoms with Crippen LogP contribution in [0.5, 0.6) is 5.75 Å². The van der Waals surface area contributed by atoms with Crippen molar-refractivity contribution in [1.29, 1.82) is 0 Å². The maximum Gasteiger partial charge on any atom is 0.160 e. The smallest absolute Gasteiger partial charge is 0.160 e. The minimum Gasteiger partial charge on any atom is -0.496 e. The van der Waals surface area contributed by atoms with Gasteiger partial charge in [-0.1, -0.05) is 19.3 Å². The number of aromatic nitrogens is 1. The SMILES string of the molecule is COc1c(C)cnc(CN2N=C3CC(NC4CCCCC4)C4=C3C(=N2)C(N)=NSC4)c1C. The van der Waals surface area contributed by atoms with Gasteiger partial charge in [0.15, 0.2) is 5.84 Å². The molecule has 0 bridgehead atoms. The van der Waals surface area contributed by atoms with Crippen LogP contribution in [0.25, 0.3) is 0 Å². The van der Waals surface area contributed by atoms with Gasteiger partial charge in [-0.25, -0.2) is 0 Å². The zero-order valence-corrected chi connectivity index (χ0v) is 19.8. The number of hydrogen-bond acceptors (Lipinski definition) is 9. The van der Waals surface area contributed by atoms with Crippen LogP contribution in [0, 0.1) is 13.8 Å². The van der Waals surface area contributed by atoms with Crippen molar-refractivity contribution in [2.45, 2.75) is 71.0 Å². The summed E-state index contributed by atoms with van der Waals surface area (Å²) in [5, 5.41) is 15.4. The molecule has 3 N–H and O–H groups in total. The van der Waals surface area contributed by atoms with Crippen LogP contribution in [0.2, 0.25) is 0 Å². The Balaban J connectivity index is 1.45. The van der Waals surface area contributed by atoms with Crippen LogP contribution in [0.1, 0.15) is 55.3 Å². The highest BCUT2D eigenvalue weighted by Crippen LogP contribution is 2.35. The third kappa shape index (κ3) is 3.92. The highest BCUT2D eigenvalue weighted by molar-refractivity contribution is 7.98. The molecule has 0 spiro atoms. The molecule has 1 aromatic rings. The van der Waals surface area contributed by atoms with E-state index in [1.165, 1.54) is 49.6 Å². The van der Waals surface area contributed by atoms with Gasteiger partial charge in [0.2, 0.25) is 0 Å². The summed E-state index contributed by atoms with van der Waals surface area (Å²) < 4.78 is 10.1. The molecule has 3 heterocycles. The Kier molecular flexibility index (Phi) is 5.94. The molecule has 1 atom stereocenters. The van der Waals surface area contributed by atoms with E-state index in [1.54, 1.807) is 12.2 Å². The van der Waals surface area contributed by atoms with Crippen molar-refractivity contribution in [1.82, 2.24) is 15.4 Å². The van der Waals surface area contributed by atoms with E-state index < -0.39 is 0 Å². The van der Waals surface area contributed by atoms with Gasteiger partial charge in [0.25, 0.3) is 0 Å². The Morgan fingerprint density at radius 3 is 2.81 bits per heavy atom. The van der Waals surface area contributed by atoms with Gasteiger partial charge in [-0.15, -0.1) is 0 Å². The molecule has 0 saturated heterocycles. The minimum atomic E-state index is 0.282. The lowest BCUT2D eigenvalue weighted by Gasteiger charge is -2.27. The first kappa shape index (κ1) is 21.5. The van der Waals surface area contributed by atoms with Crippen molar-refractivity contribution < 1.29 is 4.74 Å². The molecule has 1 unspecified atom stereocenters. The van der Waals surface area contributed by atoms with E-state index >= 15 is 0 Å². The van der Waals surface area contributed by atoms with E-state index in [-0.39, 0.29) is 6.04 Å². The number of aryl methyl sites for hydroxylation is 1. The van der Waals surface area contributed by atoms with Crippen LogP contribution < -0.4 is 15.8 Å². The Morgan fingerprint density at radius 1 is 1.22 bits per heavy atom. The van der Waals surface area contributed by atoms with Gasteiger partial charge < -0.3 is 15.8 Å². The second-order valence-electron chi connectivity index (χ2n) is 8.98. The number of ether oxygens (including phenoxy) is 1. The Hall–Kier alpha value is -2.39. The summed E-state index contributed by atoms with van der Waals surface area (Å²) in [6.45, 7) is 4.49. The van der Waals surface area contributed by atoms with Gasteiger partial charge in [-0.2, -0.15) is 19.7 Å². The Labute approximate surface area is 193 Å². The number of hydrogen-bond donors (Lipinski definition) is 2. The van der Waals surface area contributed by atoms with Crippen LogP contribution in [-0.4, -0.2) is 52.3 Å². The molecule has 0 radical (unpaired) electrons. The molecule has 0 aromatic carbocycles. The van der Waals surface area contributed by atoms with E-state index in [0.29, 0.717) is 18.4 Å². The molecular formula is C23H31N7OS. The Bertz CT molecular complexity index is 1040. The number of pyridine rings is 1. The summed E-state index contributed by atoms with van der Waals surface area (Å²) in [6, 6.07) is 0.863. The number of nitrogens with zero attached hydrogens (tertiary/aromatic N) is 5. The predicted molar refractivity (Wildman–Crippen MR) is 130 cm³/mol. The van der Waals surface area contributed by atoms with Crippen LogP contribution in [0.15, 0.2) is 31.9 Å². The topological polar surface area (TPSA) is 100 Å². The zero-order valence-electron chi connectivity index (χ0n) is 19.0. The average molecular weight is 454 g/mol. The lowest BCUT2D eigenvalue weighted by Crippen LogP contribution is -2.40. The Morgan fingerprint density at radius 2 is 2.03 bits per heavy atom. The monoisotopic (exact) mass is 453 g/mol. The lowest BCUT2D eigenvalue weighted by molar-refractivity contribution is 0.287. The molecular weight excluding hydrogens is 422 g/mol. The number of hydrazone groups is 2. The van der Waals surface area contributed by atoms with Gasteiger partial charge in [0, 0.05) is 47.2 Å². The fourth-order valence-corrected chi connectivity index (χ4v) is 5.97. The molecule has 170 valence electrons. The van der Waals surface area contributed by atoms with E-state index in [0.717, 1.165) is 51.7 Å². The minimum absolute atomic E-state index is 0.282. The molecule has 1 aromatic heterocycles. The maximum absolute atomic E-state index is 6.35. The highest BCUT2D eigenvalue weighted by Gasteiger charge is 2.39. The summed E-state index contributed by atoms with van der Waals surface area (Å²) in [6.07, 6.45) is 9.20. The molecule has 8 nitrogen and oxygen atoms in total. The van der Waals surface area contributed by atoms with Gasteiger partial charge in [-0.05, 0) is 44.2 Å². The molecule has 1 saturated carbocycles. The van der Waals surface area contributed by atoms with Crippen molar-refractivity contribution in [2.24, 2.45) is 20.3 Å². The van der Waals surface area contributed by atoms with Gasteiger partial charge in [0.05, 0.1) is 18.5 Å². The van der Waals surface area contributed by atoms with Crippen molar-refractivity contribution >= 4 is 29.2 Å². The highest BCUT2D eigenvalue weighted by atomic mass is 32.2. The molecule has 0 amide bonds. The second kappa shape index (κ2) is 8.86. The van der Waals surface area contributed by atoms with Gasteiger partial charge in [-0.3, -0.25) is 4.98 Å². The van der Waals surface area contributed by atoms with Gasteiger partial charge >= 0.3 is 0 Å². The first-order valence-electron chi connectivity index (χ1n) is 11.4. The van der Waals surface area contributed by atoms with Crippen molar-refractivity contribution in [3.05, 3.63) is 34.2 Å². The average Bonchev–Trinajstić information content (AvgIpc) is 3.03. The molecule has 1 fully saturated rings. The molecule has 4 aliphatic rings. The summed E-state index contributed by atoms with van der Waals surface area (Å²) in [5.74, 6) is 2.16. The molecule has 32 heavy (non-hydrogen) atoms. The van der Waals surface area contributed by atoms with Crippen LogP contribution in [0.4, 0.5) is 0 Å². The summed E-state index contributed by atoms with van der Waals surface area (Å²) >= 11 is 1.51. The largest absolute Gasteiger partial charge is 0.496 e. The van der Waals surface area contributed by atoms with Crippen LogP contribution >= 0.6 is 11.9 Å². The lowest BCUT2D eigenvalue weighted by atomic mass is 9.94. The third-order valence-electron chi connectivity index (χ3n) is 6.82. The zero-order chi connectivity index (χ0) is 22.2. The van der Waals surface area contributed by atoms with Crippen LogP contribution in [-0.2, 0) is 6.54 Å². The standard InChI is InChI=1S/C23H31N7OS/c1-13-10-25-19(14(2)22(13)31-3)11-30-27-18-9-17(26-15-7-5-4-6-8-15)16-12-32-29-23(24)21(28-30)20(16)18/h10,15,17,26H,4-9,11-12H2,1-3H3,(H2,24,29). The normalized spacial score (nSPS) is 23.4. The number of nitrogens with one attached hydrogen (secondary N) is 1. The maximum atomic E-state index is 6.35. The van der Waals surface area contributed by atoms with E-state index in [9.17, 15) is 0 Å². The van der Waals surface area contributed by atoms with Gasteiger partial charge in [0.1, 0.15) is 18.0 Å². The van der Waals surface area contributed by atoms with E-state index in [2.05, 4.69) is 14.7 Å². The first-order valence-corrected chi connectivity index (χ1v) is 12.4. The number of methoxy groups -OCH3 is 1. The molecule has 9 heteroatoms. The fourth-order valence-electron chi connectivity index (χ4n) is 5.20. The summed E-state index contributed by atoms with van der Waals surface area (Å²) in [4.78, 5) is 4.63. The van der Waals surface area contributed by atoms with E-state index in [4.69, 9.17) is 20.7 Å². The molecule has 2 aliphatic heterocycles. The number of nitrogens with two attached hydrogens (primary N) is 1. The summed E-state index contributed by atoms with van der Waals surface area (Å²) in [7, 11) is 1.69. The second-order valence-corrected chi connectivity index (χ2v) is 9.71. The quantitative estimate of drug-likeness (QED) is 0.664. The predicted octanol–water partition coefficient (Wildman–Crippen LogP) is 3.24. The first-order chi connectivity index (χ1) is 15.5. The third-order valence-corrected chi connectivity index (χ3v) is 7.59. The van der Waals surface area contributed by atoms with Crippen molar-refractivity contribution in [3.8, 4) is 5.75 Å². The number of rotatable bonds is 5. The summed E-state index contributed by atoms with van der Waals surface area (Å²) in [5.41, 5.74) is 13.5.